The first-order valence-corrected chi connectivity index (χ1v) is 6.62. The van der Waals surface area contributed by atoms with E-state index in [1.165, 1.54) is 11.3 Å². The van der Waals surface area contributed by atoms with Crippen LogP contribution in [0.25, 0.3) is 10.2 Å². The van der Waals surface area contributed by atoms with E-state index in [2.05, 4.69) is 15.5 Å². The molecule has 0 unspecified atom stereocenters. The fourth-order valence-electron chi connectivity index (χ4n) is 1.58. The minimum absolute atomic E-state index is 0.162. The Bertz CT molecular complexity index is 765. The van der Waals surface area contributed by atoms with Gasteiger partial charge < -0.3 is 4.52 Å². The zero-order valence-corrected chi connectivity index (χ0v) is 11.4. The molecule has 0 spiro atoms. The highest BCUT2D eigenvalue weighted by atomic mass is 35.5. The molecule has 0 saturated carbocycles. The van der Waals surface area contributed by atoms with Crippen LogP contribution in [0.5, 0.6) is 0 Å². The second-order valence-corrected chi connectivity index (χ2v) is 5.38. The minimum atomic E-state index is -0.370. The van der Waals surface area contributed by atoms with E-state index in [4.69, 9.17) is 16.1 Å². The first-order valence-electron chi connectivity index (χ1n) is 5.42. The Kier molecular flexibility index (Phi) is 2.96. The second kappa shape index (κ2) is 4.64. The number of halogens is 1. The Balaban J connectivity index is 1.87. The van der Waals surface area contributed by atoms with Gasteiger partial charge in [0.1, 0.15) is 0 Å². The quantitative estimate of drug-likeness (QED) is 0.785. The van der Waals surface area contributed by atoms with Gasteiger partial charge >= 0.3 is 0 Å². The topological polar surface area (TPSA) is 68.0 Å². The fraction of sp³-hybridized carbons (Fsp3) is 0.0833. The number of benzene rings is 1. The lowest BCUT2D eigenvalue weighted by Crippen LogP contribution is -2.10. The molecule has 0 aliphatic heterocycles. The average Bonchev–Trinajstić information content (AvgIpc) is 2.94. The zero-order chi connectivity index (χ0) is 13.4. The third kappa shape index (κ3) is 2.45. The number of hydrogen-bond donors (Lipinski definition) is 1. The number of anilines is 1. The summed E-state index contributed by atoms with van der Waals surface area (Å²) in [7, 11) is 0. The number of aromatic nitrogens is 2. The van der Waals surface area contributed by atoms with E-state index in [9.17, 15) is 4.79 Å². The molecule has 0 bridgehead atoms. The molecule has 2 aromatic heterocycles. The molecule has 2 heterocycles. The Labute approximate surface area is 117 Å². The number of fused-ring (bicyclic) bond motifs is 1. The van der Waals surface area contributed by atoms with Crippen molar-refractivity contribution in [1.82, 2.24) is 10.1 Å². The molecule has 0 radical (unpaired) electrons. The first kappa shape index (κ1) is 12.1. The lowest BCUT2D eigenvalue weighted by Gasteiger charge is -1.95. The lowest BCUT2D eigenvalue weighted by atomic mass is 10.3. The van der Waals surface area contributed by atoms with Gasteiger partial charge in [-0.05, 0) is 25.1 Å². The Morgan fingerprint density at radius 3 is 3.00 bits per heavy atom. The normalized spacial score (nSPS) is 10.8. The van der Waals surface area contributed by atoms with E-state index in [-0.39, 0.29) is 11.7 Å². The smallest absolute Gasteiger partial charge is 0.296 e. The van der Waals surface area contributed by atoms with Crippen LogP contribution < -0.4 is 5.32 Å². The second-order valence-electron chi connectivity index (χ2n) is 3.92. The summed E-state index contributed by atoms with van der Waals surface area (Å²) < 4.78 is 5.80. The van der Waals surface area contributed by atoms with Crippen LogP contribution in [-0.2, 0) is 0 Å². The van der Waals surface area contributed by atoms with Crippen molar-refractivity contribution in [3.63, 3.8) is 0 Å². The van der Waals surface area contributed by atoms with Crippen molar-refractivity contribution >= 4 is 44.2 Å². The molecule has 1 amide bonds. The zero-order valence-electron chi connectivity index (χ0n) is 9.81. The van der Waals surface area contributed by atoms with Crippen LogP contribution in [0, 0.1) is 6.92 Å². The van der Waals surface area contributed by atoms with Crippen LogP contribution in [0.1, 0.15) is 16.2 Å². The predicted molar refractivity (Wildman–Crippen MR) is 73.8 cm³/mol. The number of nitrogens with zero attached hydrogens (tertiary/aromatic N) is 2. The van der Waals surface area contributed by atoms with Gasteiger partial charge in [-0.15, -0.1) is 0 Å². The third-order valence-corrected chi connectivity index (χ3v) is 3.59. The minimum Gasteiger partial charge on any atom is -0.351 e. The van der Waals surface area contributed by atoms with E-state index >= 15 is 0 Å². The van der Waals surface area contributed by atoms with Gasteiger partial charge in [-0.3, -0.25) is 10.1 Å². The molecule has 0 saturated heterocycles. The summed E-state index contributed by atoms with van der Waals surface area (Å²) in [4.78, 5) is 16.2. The molecule has 7 heteroatoms. The molecule has 0 aliphatic rings. The van der Waals surface area contributed by atoms with Gasteiger partial charge in [0.25, 0.3) is 5.91 Å². The van der Waals surface area contributed by atoms with E-state index in [0.29, 0.717) is 15.8 Å². The molecule has 0 aliphatic carbocycles. The maximum Gasteiger partial charge on any atom is 0.296 e. The Hall–Kier alpha value is -1.92. The van der Waals surface area contributed by atoms with Crippen molar-refractivity contribution in [3.8, 4) is 0 Å². The molecule has 3 rings (SSSR count). The summed E-state index contributed by atoms with van der Waals surface area (Å²) in [5.41, 5.74) is 1.44. The summed E-state index contributed by atoms with van der Waals surface area (Å²) >= 11 is 7.25. The highest BCUT2D eigenvalue weighted by Crippen LogP contribution is 2.28. The van der Waals surface area contributed by atoms with E-state index in [1.54, 1.807) is 19.1 Å². The van der Waals surface area contributed by atoms with Crippen molar-refractivity contribution in [1.29, 1.82) is 0 Å². The van der Waals surface area contributed by atoms with Crippen LogP contribution in [0.3, 0.4) is 0 Å². The average molecular weight is 294 g/mol. The number of rotatable bonds is 2. The number of hydrogen-bond acceptors (Lipinski definition) is 5. The van der Waals surface area contributed by atoms with Gasteiger partial charge in [-0.25, -0.2) is 4.98 Å². The van der Waals surface area contributed by atoms with E-state index < -0.39 is 0 Å². The number of aryl methyl sites for hydroxylation is 1. The number of carbonyl (C=O) groups excluding carboxylic acids is 1. The largest absolute Gasteiger partial charge is 0.351 e. The lowest BCUT2D eigenvalue weighted by molar-refractivity contribution is 0.0988. The van der Waals surface area contributed by atoms with Gasteiger partial charge in [-0.2, -0.15) is 0 Å². The summed E-state index contributed by atoms with van der Waals surface area (Å²) in [6.45, 7) is 1.75. The van der Waals surface area contributed by atoms with Crippen LogP contribution in [-0.4, -0.2) is 16.0 Å². The van der Waals surface area contributed by atoms with Crippen LogP contribution in [0.4, 0.5) is 5.13 Å². The van der Waals surface area contributed by atoms with Crippen molar-refractivity contribution in [2.24, 2.45) is 0 Å². The molecular formula is C12H8ClN3O2S. The van der Waals surface area contributed by atoms with Crippen molar-refractivity contribution in [3.05, 3.63) is 40.7 Å². The molecule has 96 valence electrons. The monoisotopic (exact) mass is 293 g/mol. The van der Waals surface area contributed by atoms with Crippen LogP contribution in [0.15, 0.2) is 28.8 Å². The first-order chi connectivity index (χ1) is 9.11. The van der Waals surface area contributed by atoms with Crippen molar-refractivity contribution in [2.45, 2.75) is 6.92 Å². The van der Waals surface area contributed by atoms with Crippen LogP contribution in [0.2, 0.25) is 5.02 Å². The number of thiazole rings is 1. The highest BCUT2D eigenvalue weighted by Gasteiger charge is 2.14. The van der Waals surface area contributed by atoms with Crippen LogP contribution >= 0.6 is 22.9 Å². The van der Waals surface area contributed by atoms with Gasteiger partial charge in [-0.1, -0.05) is 28.1 Å². The van der Waals surface area contributed by atoms with Gasteiger partial charge in [0.15, 0.2) is 5.13 Å². The maximum absolute atomic E-state index is 11.9. The summed E-state index contributed by atoms with van der Waals surface area (Å²) in [6, 6.07) is 6.94. The molecule has 5 nitrogen and oxygen atoms in total. The fourth-order valence-corrected chi connectivity index (χ4v) is 2.72. The van der Waals surface area contributed by atoms with E-state index in [1.807, 2.05) is 12.1 Å². The van der Waals surface area contributed by atoms with Crippen molar-refractivity contribution in [2.75, 3.05) is 5.32 Å². The Morgan fingerprint density at radius 1 is 1.42 bits per heavy atom. The predicted octanol–water partition coefficient (Wildman–Crippen LogP) is 3.50. The number of nitrogens with one attached hydrogen (secondary N) is 1. The highest BCUT2D eigenvalue weighted by molar-refractivity contribution is 7.22. The molecule has 1 aromatic carbocycles. The maximum atomic E-state index is 11.9. The van der Waals surface area contributed by atoms with Crippen molar-refractivity contribution < 1.29 is 9.32 Å². The SMILES string of the molecule is Cc1cc(C(=O)Nc2nc3ccc(Cl)cc3s2)on1. The molecule has 3 aromatic rings. The molecule has 0 atom stereocenters. The summed E-state index contributed by atoms with van der Waals surface area (Å²) in [5, 5.41) is 7.47. The summed E-state index contributed by atoms with van der Waals surface area (Å²) in [5.74, 6) is -0.208. The number of amides is 1. The van der Waals surface area contributed by atoms with Gasteiger partial charge in [0, 0.05) is 11.1 Å². The molecule has 0 fully saturated rings. The van der Waals surface area contributed by atoms with Gasteiger partial charge in [0.05, 0.1) is 15.9 Å². The molecule has 19 heavy (non-hydrogen) atoms. The van der Waals surface area contributed by atoms with Gasteiger partial charge in [0.2, 0.25) is 5.76 Å². The third-order valence-electron chi connectivity index (χ3n) is 2.42. The molecular weight excluding hydrogens is 286 g/mol. The summed E-state index contributed by atoms with van der Waals surface area (Å²) in [6.07, 6.45) is 0. The Morgan fingerprint density at radius 2 is 2.26 bits per heavy atom. The molecule has 1 N–H and O–H groups in total. The standard InChI is InChI=1S/C12H8ClN3O2S/c1-6-4-9(18-16-6)11(17)15-12-14-8-3-2-7(13)5-10(8)19-12/h2-5H,1H3,(H,14,15,17). The number of carbonyl (C=O) groups is 1. The van der Waals surface area contributed by atoms with E-state index in [0.717, 1.165) is 10.2 Å².